The van der Waals surface area contributed by atoms with Gasteiger partial charge in [0.15, 0.2) is 0 Å². The zero-order chi connectivity index (χ0) is 19.6. The maximum Gasteiger partial charge on any atom is 0.312 e. The molecule has 1 heterocycles. The Morgan fingerprint density at radius 2 is 1.93 bits per heavy atom. The van der Waals surface area contributed by atoms with Crippen molar-refractivity contribution >= 4 is 39.9 Å². The number of anilines is 1. The first-order chi connectivity index (χ1) is 12.8. The number of carbonyl (C=O) groups is 1. The van der Waals surface area contributed by atoms with Crippen molar-refractivity contribution < 1.29 is 9.72 Å². The lowest BCUT2D eigenvalue weighted by Crippen LogP contribution is -2.12. The van der Waals surface area contributed by atoms with Gasteiger partial charge in [0.05, 0.1) is 11.5 Å². The van der Waals surface area contributed by atoms with Gasteiger partial charge in [0.1, 0.15) is 11.4 Å². The largest absolute Gasteiger partial charge is 0.322 e. The zero-order valence-electron chi connectivity index (χ0n) is 14.8. The van der Waals surface area contributed by atoms with Crippen LogP contribution in [0.4, 0.5) is 11.4 Å². The highest BCUT2D eigenvalue weighted by atomic mass is 127. The molecule has 0 spiro atoms. The van der Waals surface area contributed by atoms with Gasteiger partial charge in [-0.3, -0.25) is 19.6 Å². The van der Waals surface area contributed by atoms with Crippen LogP contribution in [0, 0.1) is 27.5 Å². The molecule has 0 unspecified atom stereocenters. The van der Waals surface area contributed by atoms with Crippen molar-refractivity contribution in [3.63, 3.8) is 0 Å². The number of aryl methyl sites for hydroxylation is 1. The van der Waals surface area contributed by atoms with E-state index in [4.69, 9.17) is 0 Å². The van der Waals surface area contributed by atoms with Gasteiger partial charge in [-0.05, 0) is 72.3 Å². The number of rotatable bonds is 5. The predicted molar refractivity (Wildman–Crippen MR) is 111 cm³/mol. The van der Waals surface area contributed by atoms with Crippen LogP contribution in [0.2, 0.25) is 0 Å². The fraction of sp³-hybridized carbons (Fsp3) is 0.158. The molecule has 8 heteroatoms. The van der Waals surface area contributed by atoms with Crippen molar-refractivity contribution in [3.05, 3.63) is 84.7 Å². The smallest absolute Gasteiger partial charge is 0.312 e. The van der Waals surface area contributed by atoms with Crippen LogP contribution >= 0.6 is 22.6 Å². The topological polar surface area (TPSA) is 90.1 Å². The highest BCUT2D eigenvalue weighted by Crippen LogP contribution is 2.22. The minimum atomic E-state index is -0.410. The summed E-state index contributed by atoms with van der Waals surface area (Å²) < 4.78 is 2.65. The SMILES string of the molecule is Cc1nn(Cc2ccc(C(=O)Nc3cccc(I)c3)cc2)c(C)c1[N+](=O)[O-]. The van der Waals surface area contributed by atoms with Crippen molar-refractivity contribution in [2.75, 3.05) is 5.32 Å². The van der Waals surface area contributed by atoms with Crippen molar-refractivity contribution in [2.24, 2.45) is 0 Å². The number of benzene rings is 2. The van der Waals surface area contributed by atoms with Gasteiger partial charge in [-0.2, -0.15) is 5.10 Å². The molecule has 0 saturated carbocycles. The van der Waals surface area contributed by atoms with Crippen LogP contribution in [0.15, 0.2) is 48.5 Å². The highest BCUT2D eigenvalue weighted by molar-refractivity contribution is 14.1. The minimum absolute atomic E-state index is 0.0449. The molecule has 0 saturated heterocycles. The van der Waals surface area contributed by atoms with E-state index in [9.17, 15) is 14.9 Å². The van der Waals surface area contributed by atoms with E-state index in [0.717, 1.165) is 14.8 Å². The predicted octanol–water partition coefficient (Wildman–Crippen LogP) is 4.31. The van der Waals surface area contributed by atoms with Crippen LogP contribution in [0.5, 0.6) is 0 Å². The van der Waals surface area contributed by atoms with Gasteiger partial charge in [0.2, 0.25) is 0 Å². The Morgan fingerprint density at radius 3 is 2.52 bits per heavy atom. The zero-order valence-corrected chi connectivity index (χ0v) is 16.9. The summed E-state index contributed by atoms with van der Waals surface area (Å²) >= 11 is 2.19. The number of nitrogens with zero attached hydrogens (tertiary/aromatic N) is 3. The third-order valence-corrected chi connectivity index (χ3v) is 4.83. The Morgan fingerprint density at radius 1 is 1.22 bits per heavy atom. The van der Waals surface area contributed by atoms with E-state index >= 15 is 0 Å². The molecule has 3 rings (SSSR count). The van der Waals surface area contributed by atoms with Gasteiger partial charge < -0.3 is 5.32 Å². The Labute approximate surface area is 169 Å². The Balaban J connectivity index is 1.73. The number of aromatic nitrogens is 2. The number of carbonyl (C=O) groups excluding carboxylic acids is 1. The molecule has 7 nitrogen and oxygen atoms in total. The number of halogens is 1. The van der Waals surface area contributed by atoms with Crippen molar-refractivity contribution in [1.82, 2.24) is 9.78 Å². The summed E-state index contributed by atoms with van der Waals surface area (Å²) in [7, 11) is 0. The van der Waals surface area contributed by atoms with E-state index in [-0.39, 0.29) is 11.6 Å². The number of amides is 1. The van der Waals surface area contributed by atoms with Crippen LogP contribution in [0.3, 0.4) is 0 Å². The lowest BCUT2D eigenvalue weighted by atomic mass is 10.1. The molecule has 0 aliphatic rings. The van der Waals surface area contributed by atoms with Gasteiger partial charge in [-0.25, -0.2) is 0 Å². The van der Waals surface area contributed by atoms with E-state index in [1.54, 1.807) is 30.7 Å². The molecular formula is C19H17IN4O3. The molecule has 0 aliphatic carbocycles. The molecular weight excluding hydrogens is 459 g/mol. The van der Waals surface area contributed by atoms with E-state index in [1.165, 1.54) is 0 Å². The van der Waals surface area contributed by atoms with Crippen LogP contribution < -0.4 is 5.32 Å². The third-order valence-electron chi connectivity index (χ3n) is 4.16. The van der Waals surface area contributed by atoms with Crippen LogP contribution in [-0.2, 0) is 6.54 Å². The summed E-state index contributed by atoms with van der Waals surface area (Å²) in [5.74, 6) is -0.190. The highest BCUT2D eigenvalue weighted by Gasteiger charge is 2.21. The lowest BCUT2D eigenvalue weighted by Gasteiger charge is -2.08. The molecule has 0 aliphatic heterocycles. The van der Waals surface area contributed by atoms with E-state index in [0.29, 0.717) is 23.5 Å². The molecule has 0 bridgehead atoms. The van der Waals surface area contributed by atoms with Crippen LogP contribution in [-0.4, -0.2) is 20.6 Å². The summed E-state index contributed by atoms with van der Waals surface area (Å²) in [6.45, 7) is 3.71. The summed E-state index contributed by atoms with van der Waals surface area (Å²) in [6.07, 6.45) is 0. The van der Waals surface area contributed by atoms with Gasteiger partial charge in [0, 0.05) is 14.8 Å². The molecule has 27 heavy (non-hydrogen) atoms. The van der Waals surface area contributed by atoms with Crippen LogP contribution in [0.25, 0.3) is 0 Å². The second-order valence-corrected chi connectivity index (χ2v) is 7.34. The average Bonchev–Trinajstić information content (AvgIpc) is 2.89. The first-order valence-corrected chi connectivity index (χ1v) is 9.27. The maximum atomic E-state index is 12.4. The average molecular weight is 476 g/mol. The standard InChI is InChI=1S/C19H17IN4O3/c1-12-18(24(26)27)13(2)23(22-12)11-14-6-8-15(9-7-14)19(25)21-17-5-3-4-16(20)10-17/h3-10H,11H2,1-2H3,(H,21,25). The fourth-order valence-corrected chi connectivity index (χ4v) is 3.35. The van der Waals surface area contributed by atoms with Gasteiger partial charge in [-0.15, -0.1) is 0 Å². The molecule has 0 fully saturated rings. The number of hydrogen-bond acceptors (Lipinski definition) is 4. The third kappa shape index (κ3) is 4.33. The summed E-state index contributed by atoms with van der Waals surface area (Å²) in [5, 5.41) is 18.2. The van der Waals surface area contributed by atoms with Gasteiger partial charge in [-0.1, -0.05) is 18.2 Å². The first-order valence-electron chi connectivity index (χ1n) is 8.19. The van der Waals surface area contributed by atoms with Crippen molar-refractivity contribution in [2.45, 2.75) is 20.4 Å². The van der Waals surface area contributed by atoms with E-state index in [1.807, 2.05) is 36.4 Å². The second kappa shape index (κ2) is 7.87. The van der Waals surface area contributed by atoms with E-state index < -0.39 is 4.92 Å². The number of nitro groups is 1. The summed E-state index contributed by atoms with van der Waals surface area (Å²) in [5.41, 5.74) is 3.14. The molecule has 1 amide bonds. The Bertz CT molecular complexity index is 1010. The van der Waals surface area contributed by atoms with Crippen LogP contribution in [0.1, 0.15) is 27.3 Å². The Hall–Kier alpha value is -2.75. The first kappa shape index (κ1) is 19.0. The number of nitrogens with one attached hydrogen (secondary N) is 1. The molecule has 1 N–H and O–H groups in total. The molecule has 1 aromatic heterocycles. The second-order valence-electron chi connectivity index (χ2n) is 6.10. The lowest BCUT2D eigenvalue weighted by molar-refractivity contribution is -0.386. The summed E-state index contributed by atoms with van der Waals surface area (Å²) in [6, 6.07) is 14.7. The fourth-order valence-electron chi connectivity index (χ4n) is 2.81. The molecule has 0 atom stereocenters. The Kier molecular flexibility index (Phi) is 5.54. The van der Waals surface area contributed by atoms with Gasteiger partial charge >= 0.3 is 5.69 Å². The monoisotopic (exact) mass is 476 g/mol. The van der Waals surface area contributed by atoms with Crippen molar-refractivity contribution in [1.29, 1.82) is 0 Å². The summed E-state index contributed by atoms with van der Waals surface area (Å²) in [4.78, 5) is 23.1. The minimum Gasteiger partial charge on any atom is -0.322 e. The van der Waals surface area contributed by atoms with Crippen molar-refractivity contribution in [3.8, 4) is 0 Å². The number of hydrogen-bond donors (Lipinski definition) is 1. The molecule has 2 aromatic carbocycles. The van der Waals surface area contributed by atoms with Gasteiger partial charge in [0.25, 0.3) is 5.91 Å². The molecule has 0 radical (unpaired) electrons. The quantitative estimate of drug-likeness (QED) is 0.338. The normalized spacial score (nSPS) is 10.6. The maximum absolute atomic E-state index is 12.4. The molecule has 3 aromatic rings. The van der Waals surface area contributed by atoms with E-state index in [2.05, 4.69) is 33.0 Å². The molecule has 138 valence electrons.